The maximum atomic E-state index is 13.8. The normalized spacial score (nSPS) is 25.9. The largest absolute Gasteiger partial charge is 0.481 e. The monoisotopic (exact) mass is 572 g/mol. The Morgan fingerprint density at radius 2 is 1.51 bits per heavy atom. The Hall–Kier alpha value is -3.66. The average Bonchev–Trinajstić information content (AvgIpc) is 2.97. The highest BCUT2D eigenvalue weighted by Gasteiger charge is 2.67. The van der Waals surface area contributed by atoms with E-state index >= 15 is 0 Å². The number of piperidine rings is 1. The van der Waals surface area contributed by atoms with E-state index < -0.39 is 40.8 Å². The van der Waals surface area contributed by atoms with Crippen molar-refractivity contribution in [1.82, 2.24) is 5.32 Å². The molecule has 1 aliphatic heterocycles. The second-order valence-corrected chi connectivity index (χ2v) is 11.5. The summed E-state index contributed by atoms with van der Waals surface area (Å²) >= 11 is 6.45. The van der Waals surface area contributed by atoms with Gasteiger partial charge in [-0.15, -0.1) is 0 Å². The molecule has 7 heteroatoms. The summed E-state index contributed by atoms with van der Waals surface area (Å²) in [7, 11) is 0. The van der Waals surface area contributed by atoms with Gasteiger partial charge in [-0.2, -0.15) is 5.26 Å². The molecule has 3 aromatic carbocycles. The van der Waals surface area contributed by atoms with Gasteiger partial charge >= 0.3 is 11.9 Å². The highest BCUT2D eigenvalue weighted by Crippen LogP contribution is 2.60. The van der Waals surface area contributed by atoms with Crippen LogP contribution in [0.2, 0.25) is 5.02 Å². The quantitative estimate of drug-likeness (QED) is 0.223. The number of rotatable bonds is 11. The van der Waals surface area contributed by atoms with Crippen molar-refractivity contribution >= 4 is 23.5 Å². The number of halogens is 1. The molecule has 1 aliphatic rings. The zero-order valence-electron chi connectivity index (χ0n) is 23.5. The zero-order chi connectivity index (χ0) is 29.6. The molecule has 0 spiro atoms. The van der Waals surface area contributed by atoms with Crippen LogP contribution < -0.4 is 5.32 Å². The molecule has 0 aliphatic carbocycles. The number of hydrogen-bond acceptors (Lipinski definition) is 4. The van der Waals surface area contributed by atoms with Gasteiger partial charge in [0.2, 0.25) is 0 Å². The van der Waals surface area contributed by atoms with Crippen molar-refractivity contribution in [3.63, 3.8) is 0 Å². The fraction of sp³-hybridized carbons (Fsp3) is 0.382. The van der Waals surface area contributed by atoms with Crippen LogP contribution in [0, 0.1) is 22.2 Å². The lowest BCUT2D eigenvalue weighted by Crippen LogP contribution is -2.70. The van der Waals surface area contributed by atoms with E-state index in [1.807, 2.05) is 67.6 Å². The first kappa shape index (κ1) is 30.3. The Bertz CT molecular complexity index is 1350. The first-order chi connectivity index (χ1) is 19.7. The van der Waals surface area contributed by atoms with Crippen LogP contribution in [0.15, 0.2) is 84.9 Å². The van der Waals surface area contributed by atoms with Crippen molar-refractivity contribution in [2.24, 2.45) is 10.8 Å². The fourth-order valence-electron chi connectivity index (χ4n) is 7.29. The summed E-state index contributed by atoms with van der Waals surface area (Å²) in [5.74, 6) is -3.19. The lowest BCUT2D eigenvalue weighted by molar-refractivity contribution is -0.175. The molecule has 0 aromatic heterocycles. The van der Waals surface area contributed by atoms with Gasteiger partial charge in [0.25, 0.3) is 0 Å². The Labute approximate surface area is 247 Å². The van der Waals surface area contributed by atoms with Crippen LogP contribution in [0.4, 0.5) is 0 Å². The predicted molar refractivity (Wildman–Crippen MR) is 160 cm³/mol. The first-order valence-electron chi connectivity index (χ1n) is 14.2. The standard InChI is InChI=1S/C34H37ClN2O4/c1-3-29-34(32(40)41,20-18-28(24-12-6-4-7-13-24)25-14-8-5-9-15-25)30(26-16-10-17-27(35)22-26)33(31(38)39,19-11-21-36)23(2)37-29/h4-10,12-17,22-23,28-30,37H,3,11,18-20H2,1-2H3,(H,38,39)(H,40,41). The summed E-state index contributed by atoms with van der Waals surface area (Å²) in [4.78, 5) is 27.1. The van der Waals surface area contributed by atoms with E-state index in [-0.39, 0.29) is 25.2 Å². The topological polar surface area (TPSA) is 110 Å². The van der Waals surface area contributed by atoms with Gasteiger partial charge in [-0.3, -0.25) is 9.59 Å². The van der Waals surface area contributed by atoms with E-state index in [1.54, 1.807) is 31.2 Å². The fourth-order valence-corrected chi connectivity index (χ4v) is 7.49. The lowest BCUT2D eigenvalue weighted by Gasteiger charge is -2.58. The predicted octanol–water partition coefficient (Wildman–Crippen LogP) is 7.25. The van der Waals surface area contributed by atoms with Crippen LogP contribution in [-0.2, 0) is 9.59 Å². The van der Waals surface area contributed by atoms with Crippen molar-refractivity contribution in [1.29, 1.82) is 5.26 Å². The number of carboxylic acid groups (broad SMARTS) is 2. The van der Waals surface area contributed by atoms with Gasteiger partial charge in [0, 0.05) is 35.4 Å². The molecule has 6 nitrogen and oxygen atoms in total. The minimum Gasteiger partial charge on any atom is -0.481 e. The highest BCUT2D eigenvalue weighted by atomic mass is 35.5. The van der Waals surface area contributed by atoms with Crippen LogP contribution in [0.5, 0.6) is 0 Å². The van der Waals surface area contributed by atoms with Gasteiger partial charge in [0.15, 0.2) is 0 Å². The summed E-state index contributed by atoms with van der Waals surface area (Å²) in [6.45, 7) is 3.74. The van der Waals surface area contributed by atoms with Crippen LogP contribution in [0.25, 0.3) is 0 Å². The molecule has 3 N–H and O–H groups in total. The Kier molecular flexibility index (Phi) is 9.53. The second kappa shape index (κ2) is 12.9. The summed E-state index contributed by atoms with van der Waals surface area (Å²) in [5.41, 5.74) is -0.348. The van der Waals surface area contributed by atoms with E-state index in [1.165, 1.54) is 0 Å². The Balaban J connectivity index is 1.95. The molecule has 1 saturated heterocycles. The maximum Gasteiger partial charge on any atom is 0.311 e. The smallest absolute Gasteiger partial charge is 0.311 e. The molecule has 5 unspecified atom stereocenters. The minimum absolute atomic E-state index is 0.0104. The van der Waals surface area contributed by atoms with Crippen molar-refractivity contribution in [3.05, 3.63) is 107 Å². The number of nitriles is 1. The summed E-state index contributed by atoms with van der Waals surface area (Å²) in [6, 6.07) is 27.9. The van der Waals surface area contributed by atoms with Crippen LogP contribution in [-0.4, -0.2) is 34.2 Å². The zero-order valence-corrected chi connectivity index (χ0v) is 24.2. The van der Waals surface area contributed by atoms with E-state index in [0.717, 1.165) is 11.1 Å². The molecular weight excluding hydrogens is 536 g/mol. The Morgan fingerprint density at radius 1 is 0.927 bits per heavy atom. The average molecular weight is 573 g/mol. The number of aliphatic carboxylic acids is 2. The molecule has 214 valence electrons. The van der Waals surface area contributed by atoms with Gasteiger partial charge in [-0.05, 0) is 61.4 Å². The number of nitrogens with zero attached hydrogens (tertiary/aromatic N) is 1. The second-order valence-electron chi connectivity index (χ2n) is 11.1. The van der Waals surface area contributed by atoms with E-state index in [0.29, 0.717) is 23.4 Å². The van der Waals surface area contributed by atoms with E-state index in [9.17, 15) is 25.1 Å². The molecule has 1 heterocycles. The van der Waals surface area contributed by atoms with E-state index in [4.69, 9.17) is 11.6 Å². The van der Waals surface area contributed by atoms with Crippen molar-refractivity contribution < 1.29 is 19.8 Å². The SMILES string of the molecule is CCC1NC(C)C(CCC#N)(C(=O)O)C(c2cccc(Cl)c2)C1(CCC(c1ccccc1)c1ccccc1)C(=O)O. The molecule has 0 amide bonds. The molecule has 0 bridgehead atoms. The number of carboxylic acids is 2. The molecular formula is C34H37ClN2O4. The minimum atomic E-state index is -1.56. The molecule has 0 radical (unpaired) electrons. The molecule has 1 fully saturated rings. The third-order valence-electron chi connectivity index (χ3n) is 9.16. The molecule has 4 rings (SSSR count). The van der Waals surface area contributed by atoms with Crippen LogP contribution >= 0.6 is 11.6 Å². The van der Waals surface area contributed by atoms with E-state index in [2.05, 4.69) is 11.4 Å². The third kappa shape index (κ3) is 5.62. The number of benzene rings is 3. The van der Waals surface area contributed by atoms with Crippen LogP contribution in [0.1, 0.15) is 74.5 Å². The third-order valence-corrected chi connectivity index (χ3v) is 9.40. The van der Waals surface area contributed by atoms with Gasteiger partial charge in [0.1, 0.15) is 0 Å². The molecule has 5 atom stereocenters. The maximum absolute atomic E-state index is 13.8. The lowest BCUT2D eigenvalue weighted by atomic mass is 9.48. The Morgan fingerprint density at radius 3 is 2.00 bits per heavy atom. The highest BCUT2D eigenvalue weighted by molar-refractivity contribution is 6.30. The first-order valence-corrected chi connectivity index (χ1v) is 14.5. The summed E-state index contributed by atoms with van der Waals surface area (Å²) in [6.07, 6.45) is 1.18. The summed E-state index contributed by atoms with van der Waals surface area (Å²) < 4.78 is 0. The van der Waals surface area contributed by atoms with Gasteiger partial charge in [-0.1, -0.05) is 91.3 Å². The summed E-state index contributed by atoms with van der Waals surface area (Å²) in [5, 5.41) is 35.5. The molecule has 0 saturated carbocycles. The van der Waals surface area contributed by atoms with Crippen molar-refractivity contribution in [2.75, 3.05) is 0 Å². The number of hydrogen-bond donors (Lipinski definition) is 3. The number of carbonyl (C=O) groups is 2. The van der Waals surface area contributed by atoms with Gasteiger partial charge in [-0.25, -0.2) is 0 Å². The van der Waals surface area contributed by atoms with Crippen molar-refractivity contribution in [2.45, 2.75) is 69.9 Å². The van der Waals surface area contributed by atoms with Gasteiger partial charge in [0.05, 0.1) is 16.9 Å². The number of nitrogens with one attached hydrogen (secondary N) is 1. The van der Waals surface area contributed by atoms with Gasteiger partial charge < -0.3 is 15.5 Å². The molecule has 41 heavy (non-hydrogen) atoms. The van der Waals surface area contributed by atoms with Crippen molar-refractivity contribution in [3.8, 4) is 6.07 Å². The van der Waals surface area contributed by atoms with Crippen LogP contribution in [0.3, 0.4) is 0 Å². The molecule has 3 aromatic rings.